The van der Waals surface area contributed by atoms with Crippen molar-refractivity contribution in [3.63, 3.8) is 0 Å². The lowest BCUT2D eigenvalue weighted by molar-refractivity contribution is -0.139. The van der Waals surface area contributed by atoms with Gasteiger partial charge in [-0.3, -0.25) is 9.59 Å². The van der Waals surface area contributed by atoms with Crippen LogP contribution in [0.25, 0.3) is 11.3 Å². The molecule has 0 aliphatic rings. The number of aromatic nitrogens is 2. The highest BCUT2D eigenvalue weighted by Crippen LogP contribution is 2.23. The van der Waals surface area contributed by atoms with Gasteiger partial charge in [0.1, 0.15) is 17.1 Å². The van der Waals surface area contributed by atoms with E-state index in [0.29, 0.717) is 10.6 Å². The van der Waals surface area contributed by atoms with Crippen molar-refractivity contribution in [2.45, 2.75) is 0 Å². The molecule has 1 heterocycles. The average molecular weight is 277 g/mol. The van der Waals surface area contributed by atoms with Crippen molar-refractivity contribution in [2.75, 3.05) is 13.7 Å². The molecule has 0 unspecified atom stereocenters. The highest BCUT2D eigenvalue weighted by atomic mass is 32.1. The van der Waals surface area contributed by atoms with Gasteiger partial charge in [0.15, 0.2) is 0 Å². The van der Waals surface area contributed by atoms with Crippen molar-refractivity contribution in [3.8, 4) is 11.3 Å². The van der Waals surface area contributed by atoms with Crippen LogP contribution in [0.2, 0.25) is 0 Å². The van der Waals surface area contributed by atoms with Crippen LogP contribution in [0.4, 0.5) is 0 Å². The fourth-order valence-corrected chi connectivity index (χ4v) is 2.03. The van der Waals surface area contributed by atoms with Gasteiger partial charge < -0.3 is 10.1 Å². The van der Waals surface area contributed by atoms with Gasteiger partial charge in [0, 0.05) is 5.56 Å². The fraction of sp³-hybridized carbons (Fsp3) is 0.167. The SMILES string of the molecule is COC(=O)CNC(=O)c1snnc1-c1ccccc1. The van der Waals surface area contributed by atoms with Crippen LogP contribution < -0.4 is 5.32 Å². The Morgan fingerprint density at radius 3 is 2.74 bits per heavy atom. The van der Waals surface area contributed by atoms with Crippen LogP contribution >= 0.6 is 11.5 Å². The Kier molecular flexibility index (Phi) is 4.19. The van der Waals surface area contributed by atoms with E-state index in [9.17, 15) is 9.59 Å². The van der Waals surface area contributed by atoms with Crippen LogP contribution in [0.3, 0.4) is 0 Å². The van der Waals surface area contributed by atoms with Gasteiger partial charge in [-0.15, -0.1) is 5.10 Å². The first-order valence-electron chi connectivity index (χ1n) is 5.45. The minimum absolute atomic E-state index is 0.179. The van der Waals surface area contributed by atoms with Crippen molar-refractivity contribution in [2.24, 2.45) is 0 Å². The molecular weight excluding hydrogens is 266 g/mol. The third-order valence-electron chi connectivity index (χ3n) is 2.36. The lowest BCUT2D eigenvalue weighted by Crippen LogP contribution is -2.29. The smallest absolute Gasteiger partial charge is 0.325 e. The van der Waals surface area contributed by atoms with Crippen LogP contribution in [0.15, 0.2) is 30.3 Å². The highest BCUT2D eigenvalue weighted by molar-refractivity contribution is 7.08. The van der Waals surface area contributed by atoms with E-state index in [0.717, 1.165) is 17.1 Å². The topological polar surface area (TPSA) is 81.2 Å². The Morgan fingerprint density at radius 1 is 1.32 bits per heavy atom. The van der Waals surface area contributed by atoms with Gasteiger partial charge >= 0.3 is 5.97 Å². The van der Waals surface area contributed by atoms with E-state index in [1.807, 2.05) is 30.3 Å². The summed E-state index contributed by atoms with van der Waals surface area (Å²) in [6.45, 7) is -0.179. The molecule has 0 bridgehead atoms. The Bertz CT molecular complexity index is 583. The second kappa shape index (κ2) is 6.05. The molecule has 0 aliphatic carbocycles. The van der Waals surface area contributed by atoms with Gasteiger partial charge in [-0.2, -0.15) is 0 Å². The average Bonchev–Trinajstić information content (AvgIpc) is 2.94. The molecule has 0 fully saturated rings. The number of esters is 1. The molecule has 1 aromatic heterocycles. The number of hydrogen-bond donors (Lipinski definition) is 1. The van der Waals surface area contributed by atoms with Gasteiger partial charge in [0.05, 0.1) is 7.11 Å². The van der Waals surface area contributed by atoms with Crippen molar-refractivity contribution in [1.82, 2.24) is 14.9 Å². The molecule has 0 saturated carbocycles. The van der Waals surface area contributed by atoms with Crippen LogP contribution in [-0.4, -0.2) is 35.1 Å². The molecule has 2 rings (SSSR count). The van der Waals surface area contributed by atoms with Crippen molar-refractivity contribution >= 4 is 23.4 Å². The van der Waals surface area contributed by atoms with Crippen LogP contribution in [0.5, 0.6) is 0 Å². The first kappa shape index (κ1) is 13.2. The first-order chi connectivity index (χ1) is 9.22. The third-order valence-corrected chi connectivity index (χ3v) is 3.09. The Labute approximate surface area is 113 Å². The van der Waals surface area contributed by atoms with E-state index >= 15 is 0 Å². The second-order valence-corrected chi connectivity index (χ2v) is 4.33. The van der Waals surface area contributed by atoms with Gasteiger partial charge in [0.2, 0.25) is 0 Å². The van der Waals surface area contributed by atoms with Gasteiger partial charge in [0.25, 0.3) is 5.91 Å². The first-order valence-corrected chi connectivity index (χ1v) is 6.22. The van der Waals surface area contributed by atoms with Crippen LogP contribution in [0, 0.1) is 0 Å². The quantitative estimate of drug-likeness (QED) is 0.847. The molecule has 0 spiro atoms. The van der Waals surface area contributed by atoms with Crippen molar-refractivity contribution < 1.29 is 14.3 Å². The van der Waals surface area contributed by atoms with E-state index in [1.54, 1.807) is 0 Å². The molecule has 1 amide bonds. The monoisotopic (exact) mass is 277 g/mol. The maximum atomic E-state index is 11.9. The number of amides is 1. The summed E-state index contributed by atoms with van der Waals surface area (Å²) in [5.74, 6) is -0.897. The van der Waals surface area contributed by atoms with Gasteiger partial charge in [-0.05, 0) is 11.5 Å². The standard InChI is InChI=1S/C12H11N3O3S/c1-18-9(16)7-13-12(17)11-10(14-15-19-11)8-5-3-2-4-6-8/h2-6H,7H2,1H3,(H,13,17). The molecule has 2 aromatic rings. The molecule has 6 nitrogen and oxygen atoms in total. The number of benzene rings is 1. The molecule has 1 N–H and O–H groups in total. The predicted molar refractivity (Wildman–Crippen MR) is 69.7 cm³/mol. The number of hydrogen-bond acceptors (Lipinski definition) is 6. The molecule has 0 atom stereocenters. The normalized spacial score (nSPS) is 9.95. The van der Waals surface area contributed by atoms with E-state index < -0.39 is 5.97 Å². The molecular formula is C12H11N3O3S. The summed E-state index contributed by atoms with van der Waals surface area (Å²) in [5.41, 5.74) is 1.31. The number of nitrogens with one attached hydrogen (secondary N) is 1. The van der Waals surface area contributed by atoms with Gasteiger partial charge in [-0.25, -0.2) is 0 Å². The summed E-state index contributed by atoms with van der Waals surface area (Å²) in [6, 6.07) is 9.26. The fourth-order valence-electron chi connectivity index (χ4n) is 1.43. The van der Waals surface area contributed by atoms with E-state index in [4.69, 9.17) is 0 Å². The number of nitrogens with zero attached hydrogens (tertiary/aromatic N) is 2. The maximum Gasteiger partial charge on any atom is 0.325 e. The summed E-state index contributed by atoms with van der Waals surface area (Å²) in [4.78, 5) is 23.3. The van der Waals surface area contributed by atoms with E-state index in [-0.39, 0.29) is 12.5 Å². The number of carbonyl (C=O) groups is 2. The number of methoxy groups -OCH3 is 1. The van der Waals surface area contributed by atoms with Crippen LogP contribution in [0.1, 0.15) is 9.67 Å². The minimum Gasteiger partial charge on any atom is -0.468 e. The molecule has 0 aliphatic heterocycles. The van der Waals surface area contributed by atoms with E-state index in [2.05, 4.69) is 19.6 Å². The van der Waals surface area contributed by atoms with Gasteiger partial charge in [-0.1, -0.05) is 34.8 Å². The van der Waals surface area contributed by atoms with Crippen molar-refractivity contribution in [1.29, 1.82) is 0 Å². The zero-order valence-electron chi connectivity index (χ0n) is 10.1. The van der Waals surface area contributed by atoms with E-state index in [1.165, 1.54) is 7.11 Å². The summed E-state index contributed by atoms with van der Waals surface area (Å²) in [6.07, 6.45) is 0. The summed E-state index contributed by atoms with van der Waals surface area (Å²) >= 11 is 0.986. The second-order valence-electron chi connectivity index (χ2n) is 3.58. The molecule has 7 heteroatoms. The zero-order valence-corrected chi connectivity index (χ0v) is 10.9. The maximum absolute atomic E-state index is 11.9. The van der Waals surface area contributed by atoms with Crippen LogP contribution in [-0.2, 0) is 9.53 Å². The lowest BCUT2D eigenvalue weighted by Gasteiger charge is -2.03. The highest BCUT2D eigenvalue weighted by Gasteiger charge is 2.18. The number of ether oxygens (including phenoxy) is 1. The molecule has 0 saturated heterocycles. The third kappa shape index (κ3) is 3.14. The molecule has 19 heavy (non-hydrogen) atoms. The summed E-state index contributed by atoms with van der Waals surface area (Å²) < 4.78 is 8.23. The Balaban J connectivity index is 2.16. The summed E-state index contributed by atoms with van der Waals surface area (Å²) in [5, 5.41) is 6.41. The number of rotatable bonds is 4. The molecule has 98 valence electrons. The summed E-state index contributed by atoms with van der Waals surface area (Å²) in [7, 11) is 1.26. The Hall–Kier alpha value is -2.28. The lowest BCUT2D eigenvalue weighted by atomic mass is 10.1. The minimum atomic E-state index is -0.507. The van der Waals surface area contributed by atoms with Crippen molar-refractivity contribution in [3.05, 3.63) is 35.2 Å². The molecule has 1 aromatic carbocycles. The largest absolute Gasteiger partial charge is 0.468 e. The number of carbonyl (C=O) groups excluding carboxylic acids is 2. The Morgan fingerprint density at radius 2 is 2.05 bits per heavy atom. The zero-order chi connectivity index (χ0) is 13.7. The molecule has 0 radical (unpaired) electrons. The predicted octanol–water partition coefficient (Wildman–Crippen LogP) is 1.11.